The number of anilines is 2. The summed E-state index contributed by atoms with van der Waals surface area (Å²) in [5.74, 6) is -1.32. The highest BCUT2D eigenvalue weighted by Gasteiger charge is 2.46. The first kappa shape index (κ1) is 25.9. The molecule has 1 N–H and O–H groups in total. The molecule has 0 radical (unpaired) electrons. The molecule has 3 amide bonds. The Hall–Kier alpha value is -4.13. The molecule has 0 unspecified atom stereocenters. The smallest absolute Gasteiger partial charge is 0.329 e. The summed E-state index contributed by atoms with van der Waals surface area (Å²) >= 11 is 0. The van der Waals surface area contributed by atoms with Crippen molar-refractivity contribution in [2.75, 3.05) is 24.5 Å². The molecule has 1 atom stereocenters. The number of piperazine rings is 1. The first-order valence-corrected chi connectivity index (χ1v) is 12.7. The second-order valence-corrected chi connectivity index (χ2v) is 9.24. The molecular formula is C30H33N3O4. The van der Waals surface area contributed by atoms with Gasteiger partial charge in [-0.3, -0.25) is 9.69 Å². The summed E-state index contributed by atoms with van der Waals surface area (Å²) in [7, 11) is 0. The number of urea groups is 1. The van der Waals surface area contributed by atoms with Crippen LogP contribution < -0.4 is 4.90 Å². The van der Waals surface area contributed by atoms with Crippen molar-refractivity contribution in [3.63, 3.8) is 0 Å². The second-order valence-electron chi connectivity index (χ2n) is 9.24. The van der Waals surface area contributed by atoms with Gasteiger partial charge in [0.1, 0.15) is 6.04 Å². The van der Waals surface area contributed by atoms with Crippen molar-refractivity contribution in [3.8, 4) is 0 Å². The number of hydrogen-bond donors (Lipinski definition) is 1. The van der Waals surface area contributed by atoms with Crippen molar-refractivity contribution in [2.45, 2.75) is 38.1 Å². The lowest BCUT2D eigenvalue weighted by molar-refractivity contribution is -0.156. The highest BCUT2D eigenvalue weighted by Crippen LogP contribution is 2.35. The number of para-hydroxylation sites is 2. The van der Waals surface area contributed by atoms with Gasteiger partial charge in [-0.2, -0.15) is 0 Å². The van der Waals surface area contributed by atoms with Crippen molar-refractivity contribution in [3.05, 3.63) is 96.6 Å². The number of rotatable bonds is 7. The number of amides is 3. The van der Waals surface area contributed by atoms with Gasteiger partial charge in [-0.1, -0.05) is 80.6 Å². The van der Waals surface area contributed by atoms with Crippen molar-refractivity contribution in [1.82, 2.24) is 9.80 Å². The maximum atomic E-state index is 14.0. The SMILES string of the molecule is CCC(CC)(C(=O)N1CCN(C(=O)N(c2ccccc2)c2ccccc2)C[C@H]1C(=O)O)c1ccccc1. The quantitative estimate of drug-likeness (QED) is 0.478. The molecular weight excluding hydrogens is 466 g/mol. The van der Waals surface area contributed by atoms with Crippen molar-refractivity contribution in [2.24, 2.45) is 0 Å². The van der Waals surface area contributed by atoms with Gasteiger partial charge in [-0.25, -0.2) is 9.59 Å². The number of nitrogens with zero attached hydrogens (tertiary/aromatic N) is 3. The van der Waals surface area contributed by atoms with E-state index in [0.29, 0.717) is 24.2 Å². The Balaban J connectivity index is 1.63. The number of carboxylic acids is 1. The third kappa shape index (κ3) is 5.07. The number of carboxylic acid groups (broad SMARTS) is 1. The molecule has 0 spiro atoms. The van der Waals surface area contributed by atoms with Crippen LogP contribution in [0.2, 0.25) is 0 Å². The Kier molecular flexibility index (Phi) is 7.92. The number of hydrogen-bond acceptors (Lipinski definition) is 3. The van der Waals surface area contributed by atoms with Crippen LogP contribution in [0, 0.1) is 0 Å². The van der Waals surface area contributed by atoms with Crippen LogP contribution in [-0.4, -0.2) is 58.5 Å². The third-order valence-electron chi connectivity index (χ3n) is 7.36. The zero-order chi connectivity index (χ0) is 26.4. The lowest BCUT2D eigenvalue weighted by Crippen LogP contribution is -2.63. The first-order chi connectivity index (χ1) is 17.9. The summed E-state index contributed by atoms with van der Waals surface area (Å²) in [5.41, 5.74) is 1.43. The zero-order valence-corrected chi connectivity index (χ0v) is 21.3. The molecule has 0 saturated carbocycles. The Labute approximate surface area is 217 Å². The summed E-state index contributed by atoms with van der Waals surface area (Å²) in [4.78, 5) is 44.8. The molecule has 1 aliphatic heterocycles. The summed E-state index contributed by atoms with van der Waals surface area (Å²) < 4.78 is 0. The maximum absolute atomic E-state index is 14.0. The Morgan fingerprint density at radius 3 is 1.76 bits per heavy atom. The summed E-state index contributed by atoms with van der Waals surface area (Å²) in [6, 6.07) is 26.6. The Morgan fingerprint density at radius 1 is 0.811 bits per heavy atom. The maximum Gasteiger partial charge on any atom is 0.329 e. The lowest BCUT2D eigenvalue weighted by atomic mass is 9.74. The summed E-state index contributed by atoms with van der Waals surface area (Å²) in [6.45, 7) is 4.22. The van der Waals surface area contributed by atoms with Crippen molar-refractivity contribution < 1.29 is 19.5 Å². The van der Waals surface area contributed by atoms with Gasteiger partial charge in [0.25, 0.3) is 0 Å². The van der Waals surface area contributed by atoms with Crippen LogP contribution in [0.5, 0.6) is 0 Å². The predicted molar refractivity (Wildman–Crippen MR) is 144 cm³/mol. The fraction of sp³-hybridized carbons (Fsp3) is 0.300. The number of aliphatic carboxylic acids is 1. The molecule has 0 bridgehead atoms. The molecule has 7 nitrogen and oxygen atoms in total. The Morgan fingerprint density at radius 2 is 1.30 bits per heavy atom. The largest absolute Gasteiger partial charge is 0.480 e. The van der Waals surface area contributed by atoms with E-state index in [-0.39, 0.29) is 31.6 Å². The topological polar surface area (TPSA) is 81.2 Å². The van der Waals surface area contributed by atoms with Crippen LogP contribution in [0.25, 0.3) is 0 Å². The van der Waals surface area contributed by atoms with Crippen LogP contribution in [-0.2, 0) is 15.0 Å². The van der Waals surface area contributed by atoms with Crippen LogP contribution in [0.1, 0.15) is 32.3 Å². The van der Waals surface area contributed by atoms with E-state index in [4.69, 9.17) is 0 Å². The van der Waals surface area contributed by atoms with E-state index in [1.807, 2.05) is 105 Å². The normalized spacial score (nSPS) is 15.8. The van der Waals surface area contributed by atoms with Gasteiger partial charge in [-0.15, -0.1) is 0 Å². The van der Waals surface area contributed by atoms with Gasteiger partial charge in [0.15, 0.2) is 0 Å². The molecule has 0 aliphatic carbocycles. The molecule has 37 heavy (non-hydrogen) atoms. The van der Waals surface area contributed by atoms with Crippen LogP contribution >= 0.6 is 0 Å². The van der Waals surface area contributed by atoms with E-state index < -0.39 is 17.4 Å². The second kappa shape index (κ2) is 11.3. The van der Waals surface area contributed by atoms with Gasteiger partial charge >= 0.3 is 12.0 Å². The van der Waals surface area contributed by atoms with Crippen LogP contribution in [0.3, 0.4) is 0 Å². The minimum absolute atomic E-state index is 0.0889. The fourth-order valence-corrected chi connectivity index (χ4v) is 5.19. The lowest BCUT2D eigenvalue weighted by Gasteiger charge is -2.45. The average molecular weight is 500 g/mol. The molecule has 3 aromatic carbocycles. The standard InChI is InChI=1S/C30H33N3O4/c1-3-30(4-2,23-14-8-5-9-15-23)28(36)32-21-20-31(22-26(32)27(34)35)29(37)33(24-16-10-6-11-17-24)25-18-12-7-13-19-25/h5-19,26H,3-4,20-22H2,1-2H3,(H,34,35)/t26-/m0/s1. The third-order valence-corrected chi connectivity index (χ3v) is 7.36. The van der Waals surface area contributed by atoms with Crippen LogP contribution in [0.4, 0.5) is 16.2 Å². The monoisotopic (exact) mass is 499 g/mol. The summed E-state index contributed by atoms with van der Waals surface area (Å²) in [5, 5.41) is 10.2. The number of benzene rings is 3. The first-order valence-electron chi connectivity index (χ1n) is 12.7. The van der Waals surface area contributed by atoms with E-state index in [1.54, 1.807) is 4.90 Å². The molecule has 1 saturated heterocycles. The minimum atomic E-state index is -1.14. The van der Waals surface area contributed by atoms with E-state index in [2.05, 4.69) is 0 Å². The van der Waals surface area contributed by atoms with Crippen molar-refractivity contribution >= 4 is 29.3 Å². The highest BCUT2D eigenvalue weighted by molar-refractivity contribution is 6.00. The van der Waals surface area contributed by atoms with Gasteiger partial charge in [-0.05, 0) is 42.7 Å². The van der Waals surface area contributed by atoms with Gasteiger partial charge in [0, 0.05) is 13.1 Å². The minimum Gasteiger partial charge on any atom is -0.480 e. The van der Waals surface area contributed by atoms with E-state index >= 15 is 0 Å². The molecule has 0 aromatic heterocycles. The fourth-order valence-electron chi connectivity index (χ4n) is 5.19. The zero-order valence-electron chi connectivity index (χ0n) is 21.3. The molecule has 1 aliphatic rings. The molecule has 4 rings (SSSR count). The van der Waals surface area contributed by atoms with E-state index in [9.17, 15) is 19.5 Å². The number of carbonyl (C=O) groups is 3. The molecule has 3 aromatic rings. The molecule has 1 fully saturated rings. The molecule has 7 heteroatoms. The van der Waals surface area contributed by atoms with Crippen molar-refractivity contribution in [1.29, 1.82) is 0 Å². The van der Waals surface area contributed by atoms with E-state index in [1.165, 1.54) is 9.80 Å². The van der Waals surface area contributed by atoms with E-state index in [0.717, 1.165) is 5.56 Å². The number of carbonyl (C=O) groups excluding carboxylic acids is 2. The molecule has 192 valence electrons. The Bertz CT molecular complexity index is 1170. The van der Waals surface area contributed by atoms with Gasteiger partial charge < -0.3 is 14.9 Å². The van der Waals surface area contributed by atoms with Crippen LogP contribution in [0.15, 0.2) is 91.0 Å². The highest BCUT2D eigenvalue weighted by atomic mass is 16.4. The van der Waals surface area contributed by atoms with Gasteiger partial charge in [0.05, 0.1) is 23.3 Å². The predicted octanol–water partition coefficient (Wildman–Crippen LogP) is 5.30. The molecule has 1 heterocycles. The van der Waals surface area contributed by atoms with Gasteiger partial charge in [0.2, 0.25) is 5.91 Å². The summed E-state index contributed by atoms with van der Waals surface area (Å²) in [6.07, 6.45) is 1.10. The average Bonchev–Trinajstić information content (AvgIpc) is 2.95.